The van der Waals surface area contributed by atoms with Crippen molar-refractivity contribution < 1.29 is 33.0 Å². The summed E-state index contributed by atoms with van der Waals surface area (Å²) in [7, 11) is 0. The second kappa shape index (κ2) is 10.6. The molecule has 0 aromatic heterocycles. The normalized spacial score (nSPS) is 14.6. The largest absolute Gasteiger partial charge is 0.489 e. The van der Waals surface area contributed by atoms with Gasteiger partial charge in [0, 0.05) is 0 Å². The van der Waals surface area contributed by atoms with Crippen molar-refractivity contribution in [1.29, 1.82) is 0 Å². The van der Waals surface area contributed by atoms with E-state index >= 15 is 0 Å². The first-order valence-corrected chi connectivity index (χ1v) is 11.0. The number of anilines is 1. The summed E-state index contributed by atoms with van der Waals surface area (Å²) >= 11 is 0. The van der Waals surface area contributed by atoms with Gasteiger partial charge in [0.2, 0.25) is 0 Å². The molecule has 1 heterocycles. The maximum atomic E-state index is 13.3. The number of halogens is 1. The Morgan fingerprint density at radius 3 is 2.39 bits per heavy atom. The number of rotatable bonds is 7. The van der Waals surface area contributed by atoms with E-state index in [1.165, 1.54) is 42.5 Å². The molecule has 8 nitrogen and oxygen atoms in total. The van der Waals surface area contributed by atoms with Crippen LogP contribution in [0, 0.1) is 5.82 Å². The first-order valence-electron chi connectivity index (χ1n) is 11.0. The Balaban J connectivity index is 1.50. The average molecular weight is 488 g/mol. The first kappa shape index (κ1) is 24.3. The molecular formula is C27H21FN2O6. The molecule has 0 bridgehead atoms. The molecule has 1 saturated heterocycles. The highest BCUT2D eigenvalue weighted by molar-refractivity contribution is 6.39. The van der Waals surface area contributed by atoms with Crippen LogP contribution in [0.3, 0.4) is 0 Å². The summed E-state index contributed by atoms with van der Waals surface area (Å²) in [5.41, 5.74) is 1.41. The molecule has 1 N–H and O–H groups in total. The van der Waals surface area contributed by atoms with Crippen LogP contribution in [0.2, 0.25) is 0 Å². The van der Waals surface area contributed by atoms with Crippen LogP contribution in [0.4, 0.5) is 14.9 Å². The van der Waals surface area contributed by atoms with Gasteiger partial charge >= 0.3 is 12.0 Å². The van der Waals surface area contributed by atoms with Gasteiger partial charge in [-0.25, -0.2) is 18.9 Å². The Hall–Kier alpha value is -4.79. The van der Waals surface area contributed by atoms with E-state index in [0.29, 0.717) is 16.9 Å². The summed E-state index contributed by atoms with van der Waals surface area (Å²) in [6, 6.07) is 17.4. The molecule has 4 amide bonds. The van der Waals surface area contributed by atoms with Crippen LogP contribution < -0.4 is 15.0 Å². The van der Waals surface area contributed by atoms with E-state index in [9.17, 15) is 23.6 Å². The molecule has 0 unspecified atom stereocenters. The minimum absolute atomic E-state index is 0.172. The predicted molar refractivity (Wildman–Crippen MR) is 129 cm³/mol. The Labute approximate surface area is 205 Å². The van der Waals surface area contributed by atoms with Gasteiger partial charge in [-0.1, -0.05) is 24.3 Å². The summed E-state index contributed by atoms with van der Waals surface area (Å²) in [5.74, 6) is -2.00. The number of imide groups is 2. The SMILES string of the molecule is CCOC(=O)c1ccc(N2C(=O)NC(=O)/C(=C\c3ccc(OCc4cccc(F)c4)cc3)C2=O)cc1. The number of urea groups is 1. The quantitative estimate of drug-likeness (QED) is 0.303. The van der Waals surface area contributed by atoms with Gasteiger partial charge in [-0.3, -0.25) is 14.9 Å². The first-order chi connectivity index (χ1) is 17.4. The van der Waals surface area contributed by atoms with Crippen molar-refractivity contribution in [2.75, 3.05) is 11.5 Å². The molecule has 1 aliphatic rings. The molecule has 0 atom stereocenters. The van der Waals surface area contributed by atoms with Crippen LogP contribution in [0.25, 0.3) is 6.08 Å². The second-order valence-corrected chi connectivity index (χ2v) is 7.71. The van der Waals surface area contributed by atoms with Crippen molar-refractivity contribution >= 4 is 35.6 Å². The molecule has 1 aliphatic heterocycles. The highest BCUT2D eigenvalue weighted by atomic mass is 19.1. The van der Waals surface area contributed by atoms with E-state index < -0.39 is 23.8 Å². The standard InChI is InChI=1S/C27H21FN2O6/c1-2-35-26(33)19-8-10-21(11-9-19)30-25(32)23(24(31)29-27(30)34)15-17-6-12-22(13-7-17)36-16-18-4-3-5-20(28)14-18/h3-15H,2,16H2,1H3,(H,29,31,34)/b23-15+. The lowest BCUT2D eigenvalue weighted by molar-refractivity contribution is -0.122. The van der Waals surface area contributed by atoms with Crippen LogP contribution in [0.15, 0.2) is 78.4 Å². The number of nitrogens with one attached hydrogen (secondary N) is 1. The van der Waals surface area contributed by atoms with E-state index in [4.69, 9.17) is 9.47 Å². The van der Waals surface area contributed by atoms with E-state index in [0.717, 1.165) is 4.90 Å². The van der Waals surface area contributed by atoms with E-state index in [2.05, 4.69) is 5.32 Å². The van der Waals surface area contributed by atoms with Crippen LogP contribution >= 0.6 is 0 Å². The van der Waals surface area contributed by atoms with Crippen molar-refractivity contribution in [1.82, 2.24) is 5.32 Å². The maximum Gasteiger partial charge on any atom is 0.338 e. The Morgan fingerprint density at radius 1 is 1.00 bits per heavy atom. The van der Waals surface area contributed by atoms with Gasteiger partial charge in [-0.2, -0.15) is 0 Å². The maximum absolute atomic E-state index is 13.3. The number of hydrogen-bond donors (Lipinski definition) is 1. The lowest BCUT2D eigenvalue weighted by Crippen LogP contribution is -2.54. The fraction of sp³-hybridized carbons (Fsp3) is 0.111. The topological polar surface area (TPSA) is 102 Å². The summed E-state index contributed by atoms with van der Waals surface area (Å²) < 4.78 is 23.9. The predicted octanol–water partition coefficient (Wildman–Crippen LogP) is 4.25. The molecular weight excluding hydrogens is 467 g/mol. The summed E-state index contributed by atoms with van der Waals surface area (Å²) in [6.45, 7) is 2.07. The number of carbonyl (C=O) groups is 4. The highest BCUT2D eigenvalue weighted by Gasteiger charge is 2.36. The Bertz CT molecular complexity index is 1350. The number of barbiturate groups is 1. The minimum Gasteiger partial charge on any atom is -0.489 e. The van der Waals surface area contributed by atoms with Gasteiger partial charge in [0.25, 0.3) is 11.8 Å². The zero-order valence-corrected chi connectivity index (χ0v) is 19.2. The fourth-order valence-corrected chi connectivity index (χ4v) is 3.47. The number of esters is 1. The lowest BCUT2D eigenvalue weighted by Gasteiger charge is -2.26. The van der Waals surface area contributed by atoms with Gasteiger partial charge in [0.1, 0.15) is 23.7 Å². The van der Waals surface area contributed by atoms with Crippen LogP contribution in [-0.4, -0.2) is 30.4 Å². The third-order valence-corrected chi connectivity index (χ3v) is 5.22. The second-order valence-electron chi connectivity index (χ2n) is 7.71. The zero-order chi connectivity index (χ0) is 25.7. The average Bonchev–Trinajstić information content (AvgIpc) is 2.86. The lowest BCUT2D eigenvalue weighted by atomic mass is 10.1. The smallest absolute Gasteiger partial charge is 0.338 e. The number of benzene rings is 3. The van der Waals surface area contributed by atoms with Crippen LogP contribution in [-0.2, 0) is 20.9 Å². The van der Waals surface area contributed by atoms with Gasteiger partial charge in [-0.05, 0) is 72.7 Å². The Morgan fingerprint density at radius 2 is 1.72 bits per heavy atom. The summed E-state index contributed by atoms with van der Waals surface area (Å²) in [5, 5.41) is 2.15. The number of nitrogens with zero attached hydrogens (tertiary/aromatic N) is 1. The molecule has 4 rings (SSSR count). The molecule has 3 aromatic carbocycles. The summed E-state index contributed by atoms with van der Waals surface area (Å²) in [4.78, 5) is 50.5. The van der Waals surface area contributed by atoms with Crippen molar-refractivity contribution in [3.63, 3.8) is 0 Å². The molecule has 0 radical (unpaired) electrons. The monoisotopic (exact) mass is 488 g/mol. The number of carbonyl (C=O) groups excluding carboxylic acids is 4. The molecule has 0 saturated carbocycles. The zero-order valence-electron chi connectivity index (χ0n) is 19.2. The fourth-order valence-electron chi connectivity index (χ4n) is 3.47. The molecule has 36 heavy (non-hydrogen) atoms. The third kappa shape index (κ3) is 5.47. The molecule has 182 valence electrons. The van der Waals surface area contributed by atoms with Crippen molar-refractivity contribution in [3.05, 3.63) is 101 Å². The molecule has 3 aromatic rings. The number of amides is 4. The van der Waals surface area contributed by atoms with E-state index in [1.807, 2.05) is 0 Å². The number of ether oxygens (including phenoxy) is 2. The minimum atomic E-state index is -0.896. The molecule has 9 heteroatoms. The molecule has 0 spiro atoms. The van der Waals surface area contributed by atoms with Crippen molar-refractivity contribution in [2.45, 2.75) is 13.5 Å². The highest BCUT2D eigenvalue weighted by Crippen LogP contribution is 2.23. The van der Waals surface area contributed by atoms with Crippen molar-refractivity contribution in [3.8, 4) is 5.75 Å². The van der Waals surface area contributed by atoms with Gasteiger partial charge in [0.05, 0.1) is 17.9 Å². The molecule has 1 fully saturated rings. The van der Waals surface area contributed by atoms with E-state index in [-0.39, 0.29) is 35.9 Å². The van der Waals surface area contributed by atoms with Gasteiger partial charge < -0.3 is 9.47 Å². The molecule has 0 aliphatic carbocycles. The van der Waals surface area contributed by atoms with E-state index in [1.54, 1.807) is 43.3 Å². The number of hydrogen-bond acceptors (Lipinski definition) is 6. The summed E-state index contributed by atoms with van der Waals surface area (Å²) in [6.07, 6.45) is 1.36. The van der Waals surface area contributed by atoms with Crippen LogP contribution in [0.1, 0.15) is 28.4 Å². The van der Waals surface area contributed by atoms with Crippen molar-refractivity contribution in [2.24, 2.45) is 0 Å². The van der Waals surface area contributed by atoms with Gasteiger partial charge in [-0.15, -0.1) is 0 Å². The third-order valence-electron chi connectivity index (χ3n) is 5.22. The van der Waals surface area contributed by atoms with Crippen LogP contribution in [0.5, 0.6) is 5.75 Å². The Kier molecular flexibility index (Phi) is 7.20. The van der Waals surface area contributed by atoms with Gasteiger partial charge in [0.15, 0.2) is 0 Å².